The number of alkyl halides is 17. The summed E-state index contributed by atoms with van der Waals surface area (Å²) in [6.07, 6.45) is -3.17. The minimum absolute atomic E-state index is 2.63. The van der Waals surface area contributed by atoms with Crippen molar-refractivity contribution in [3.63, 3.8) is 0 Å². The lowest BCUT2D eigenvalue weighted by Gasteiger charge is -2.43. The molecule has 0 spiro atoms. The van der Waals surface area contributed by atoms with Gasteiger partial charge in [0, 0.05) is 6.42 Å². The van der Waals surface area contributed by atoms with Gasteiger partial charge in [0.2, 0.25) is 0 Å². The largest absolute Gasteiger partial charge is 0.480 e. The molecular formula is C11H6ClF16NO2. The Bertz CT molecular complexity index is 688. The van der Waals surface area contributed by atoms with Gasteiger partial charge in [-0.1, -0.05) is 0 Å². The van der Waals surface area contributed by atoms with Gasteiger partial charge < -0.3 is 10.8 Å². The van der Waals surface area contributed by atoms with E-state index >= 15 is 0 Å². The molecule has 0 aliphatic heterocycles. The Morgan fingerprint density at radius 3 is 1.16 bits per heavy atom. The number of carbonyl (C=O) groups is 1. The van der Waals surface area contributed by atoms with Gasteiger partial charge in [-0.15, -0.1) is 0 Å². The molecule has 3 N–H and O–H groups in total. The van der Waals surface area contributed by atoms with E-state index < -0.39 is 65.3 Å². The Morgan fingerprint density at radius 2 is 0.903 bits per heavy atom. The predicted molar refractivity (Wildman–Crippen MR) is 65.7 cm³/mol. The van der Waals surface area contributed by atoms with Crippen LogP contribution in [-0.4, -0.2) is 64.0 Å². The summed E-state index contributed by atoms with van der Waals surface area (Å²) in [6.45, 7) is 0. The van der Waals surface area contributed by atoms with E-state index in [9.17, 15) is 75.0 Å². The summed E-state index contributed by atoms with van der Waals surface area (Å²) < 4.78 is 210. The van der Waals surface area contributed by atoms with E-state index in [2.05, 4.69) is 17.3 Å². The van der Waals surface area contributed by atoms with Crippen LogP contribution in [0.5, 0.6) is 0 Å². The number of nitrogens with two attached hydrogens (primary N) is 1. The van der Waals surface area contributed by atoms with E-state index in [4.69, 9.17) is 5.11 Å². The van der Waals surface area contributed by atoms with Gasteiger partial charge in [-0.2, -0.15) is 70.2 Å². The molecule has 0 aliphatic carbocycles. The van der Waals surface area contributed by atoms with Crippen LogP contribution in [0.2, 0.25) is 0 Å². The van der Waals surface area contributed by atoms with E-state index in [0.29, 0.717) is 0 Å². The lowest BCUT2D eigenvalue weighted by molar-refractivity contribution is -0.449. The smallest absolute Gasteiger partial charge is 0.393 e. The van der Waals surface area contributed by atoms with Crippen LogP contribution in [0.15, 0.2) is 0 Å². The van der Waals surface area contributed by atoms with Gasteiger partial charge in [0.05, 0.1) is 0 Å². The molecule has 0 heterocycles. The van der Waals surface area contributed by atoms with Crippen LogP contribution in [-0.2, 0) is 4.79 Å². The van der Waals surface area contributed by atoms with Crippen molar-refractivity contribution >= 4 is 17.6 Å². The van der Waals surface area contributed by atoms with Crippen LogP contribution in [0.25, 0.3) is 0 Å². The van der Waals surface area contributed by atoms with Crippen molar-refractivity contribution in [1.82, 2.24) is 0 Å². The maximum atomic E-state index is 13.4. The monoisotopic (exact) mass is 523 g/mol. The average Bonchev–Trinajstić information content (AvgIpc) is 2.51. The maximum Gasteiger partial charge on any atom is 0.393 e. The average molecular weight is 524 g/mol. The molecular weight excluding hydrogens is 518 g/mol. The summed E-state index contributed by atoms with van der Waals surface area (Å²) in [5.74, 6) is -58.9. The van der Waals surface area contributed by atoms with Crippen LogP contribution in [0, 0.1) is 0 Å². The highest BCUT2D eigenvalue weighted by Gasteiger charge is 2.94. The van der Waals surface area contributed by atoms with Crippen molar-refractivity contribution in [2.75, 3.05) is 0 Å². The number of carboxylic acids is 1. The molecule has 0 bridgehead atoms. The first-order valence-electron chi connectivity index (χ1n) is 6.77. The minimum atomic E-state index is -8.59. The zero-order valence-electron chi connectivity index (χ0n) is 13.6. The number of rotatable bonds is 10. The molecule has 0 aromatic rings. The van der Waals surface area contributed by atoms with Crippen LogP contribution >= 0.6 is 11.6 Å². The van der Waals surface area contributed by atoms with Crippen molar-refractivity contribution in [2.24, 2.45) is 5.73 Å². The Hall–Kier alpha value is -1.40. The van der Waals surface area contributed by atoms with E-state index in [-0.39, 0.29) is 0 Å². The molecule has 0 fully saturated rings. The molecule has 0 aliphatic rings. The highest BCUT2D eigenvalue weighted by Crippen LogP contribution is 2.64. The van der Waals surface area contributed by atoms with Gasteiger partial charge in [-0.05, 0) is 11.6 Å². The van der Waals surface area contributed by atoms with Gasteiger partial charge in [0.1, 0.15) is 6.04 Å². The normalized spacial score (nSPS) is 17.0. The Balaban J connectivity index is 6.66. The van der Waals surface area contributed by atoms with Crippen LogP contribution in [0.1, 0.15) is 6.42 Å². The van der Waals surface area contributed by atoms with Gasteiger partial charge >= 0.3 is 52.8 Å². The number of aliphatic carboxylic acids is 1. The first-order chi connectivity index (χ1) is 13.1. The molecule has 20 heteroatoms. The third kappa shape index (κ3) is 4.06. The zero-order valence-corrected chi connectivity index (χ0v) is 14.4. The summed E-state index contributed by atoms with van der Waals surface area (Å²) in [5.41, 5.74) is 4.30. The fourth-order valence-corrected chi connectivity index (χ4v) is 1.81. The molecule has 0 aromatic carbocycles. The van der Waals surface area contributed by atoms with E-state index in [1.165, 1.54) is 0 Å². The molecule has 31 heavy (non-hydrogen) atoms. The Morgan fingerprint density at radius 1 is 0.645 bits per heavy atom. The molecule has 0 radical (unpaired) electrons. The first kappa shape index (κ1) is 29.6. The second-order valence-electron chi connectivity index (χ2n) is 5.80. The van der Waals surface area contributed by atoms with Crippen molar-refractivity contribution in [1.29, 1.82) is 0 Å². The summed E-state index contributed by atoms with van der Waals surface area (Å²) >= 11 is 3.36. The molecule has 0 amide bonds. The van der Waals surface area contributed by atoms with Crippen LogP contribution in [0.4, 0.5) is 70.2 Å². The molecule has 0 rings (SSSR count). The lowest BCUT2D eigenvalue weighted by Crippen LogP contribution is -2.74. The van der Waals surface area contributed by atoms with E-state index in [1.54, 1.807) is 0 Å². The standard InChI is InChI=1S/C11H6ClF16NO2/c12-11(27,28)10(25,26)9(23,24)8(21,22)7(19,20)6(17,18)5(15,16)4(13,14)1-2(29)3(30)31/h2H,1,29H2,(H,30,31)/t2-/m1/s1. The summed E-state index contributed by atoms with van der Waals surface area (Å²) in [5, 5.41) is 1.30. The topological polar surface area (TPSA) is 63.3 Å². The van der Waals surface area contributed by atoms with E-state index in [0.717, 1.165) is 0 Å². The molecule has 0 saturated carbocycles. The quantitative estimate of drug-likeness (QED) is 0.311. The van der Waals surface area contributed by atoms with Crippen molar-refractivity contribution in [2.45, 2.75) is 59.3 Å². The molecule has 0 saturated heterocycles. The highest BCUT2D eigenvalue weighted by atomic mass is 35.5. The maximum absolute atomic E-state index is 13.4. The second-order valence-corrected chi connectivity index (χ2v) is 6.27. The number of carboxylic acid groups (broad SMARTS) is 1. The highest BCUT2D eigenvalue weighted by molar-refractivity contribution is 6.22. The Labute approximate surface area is 164 Å². The van der Waals surface area contributed by atoms with Crippen molar-refractivity contribution in [3.05, 3.63) is 0 Å². The Kier molecular flexibility index (Phi) is 7.24. The fraction of sp³-hybridized carbons (Fsp3) is 0.909. The second kappa shape index (κ2) is 7.58. The third-order valence-electron chi connectivity index (χ3n) is 3.58. The van der Waals surface area contributed by atoms with Gasteiger partial charge in [0.15, 0.2) is 0 Å². The summed E-state index contributed by atoms with van der Waals surface area (Å²) in [4.78, 5) is 10.2. The lowest BCUT2D eigenvalue weighted by atomic mass is 9.87. The fourth-order valence-electron chi connectivity index (χ4n) is 1.69. The predicted octanol–water partition coefficient (Wildman–Crippen LogP) is 5.07. The SMILES string of the molecule is N[C@H](CC(F)(F)C(F)(F)C(F)(F)C(F)(F)C(F)(F)C(F)(F)C(F)(F)C(F)(F)Cl)C(=O)O. The summed E-state index contributed by atoms with van der Waals surface area (Å²) in [7, 11) is 0. The number of hydrogen-bond acceptors (Lipinski definition) is 2. The molecule has 186 valence electrons. The van der Waals surface area contributed by atoms with Crippen molar-refractivity contribution in [3.8, 4) is 0 Å². The number of halogens is 17. The van der Waals surface area contributed by atoms with Gasteiger partial charge in [-0.3, -0.25) is 4.79 Å². The van der Waals surface area contributed by atoms with Gasteiger partial charge in [-0.25, -0.2) is 0 Å². The minimum Gasteiger partial charge on any atom is -0.480 e. The van der Waals surface area contributed by atoms with Crippen LogP contribution < -0.4 is 5.73 Å². The van der Waals surface area contributed by atoms with Crippen molar-refractivity contribution < 1.29 is 80.1 Å². The number of hydrogen-bond donors (Lipinski definition) is 2. The summed E-state index contributed by atoms with van der Waals surface area (Å²) in [6, 6.07) is -3.23. The van der Waals surface area contributed by atoms with Gasteiger partial charge in [0.25, 0.3) is 0 Å². The van der Waals surface area contributed by atoms with E-state index in [1.807, 2.05) is 0 Å². The first-order valence-corrected chi connectivity index (χ1v) is 7.15. The molecule has 1 atom stereocenters. The third-order valence-corrected chi connectivity index (χ3v) is 3.82. The van der Waals surface area contributed by atoms with Crippen LogP contribution in [0.3, 0.4) is 0 Å². The molecule has 0 aromatic heterocycles. The zero-order chi connectivity index (χ0) is 25.9. The molecule has 3 nitrogen and oxygen atoms in total. The molecule has 0 unspecified atom stereocenters.